The van der Waals surface area contributed by atoms with Crippen molar-refractivity contribution in [3.05, 3.63) is 42.5 Å². The van der Waals surface area contributed by atoms with E-state index >= 15 is 0 Å². The summed E-state index contributed by atoms with van der Waals surface area (Å²) in [6.45, 7) is 0. The van der Waals surface area contributed by atoms with Gasteiger partial charge in [-0.2, -0.15) is 27.1 Å². The lowest BCUT2D eigenvalue weighted by Crippen LogP contribution is -2.01. The van der Waals surface area contributed by atoms with Crippen LogP contribution in [0, 0.1) is 0 Å². The highest BCUT2D eigenvalue weighted by atomic mass is 32.2. The van der Waals surface area contributed by atoms with Crippen molar-refractivity contribution >= 4 is 48.1 Å². The maximum Gasteiger partial charge on any atom is 0.296 e. The zero-order valence-electron chi connectivity index (χ0n) is 17.5. The minimum atomic E-state index is -4.77. The molecule has 0 saturated heterocycles. The number of nitrogens with zero attached hydrogens (tertiary/aromatic N) is 4. The number of benzene rings is 3. The molecule has 0 aliphatic carbocycles. The van der Waals surface area contributed by atoms with E-state index < -0.39 is 30.0 Å². The van der Waals surface area contributed by atoms with Gasteiger partial charge in [-0.1, -0.05) is 12.1 Å². The molecule has 0 radical (unpaired) electrons. The van der Waals surface area contributed by atoms with Crippen molar-refractivity contribution in [1.82, 2.24) is 0 Å². The Morgan fingerprint density at radius 1 is 0.727 bits per heavy atom. The van der Waals surface area contributed by atoms with Gasteiger partial charge < -0.3 is 9.47 Å². The lowest BCUT2D eigenvalue weighted by molar-refractivity contribution is 0.405. The van der Waals surface area contributed by atoms with Gasteiger partial charge >= 0.3 is 0 Å². The van der Waals surface area contributed by atoms with E-state index in [0.717, 1.165) is 18.2 Å². The molecule has 0 aliphatic heterocycles. The van der Waals surface area contributed by atoms with E-state index in [4.69, 9.17) is 9.47 Å². The van der Waals surface area contributed by atoms with E-state index in [1.54, 1.807) is 0 Å². The Labute approximate surface area is 189 Å². The Balaban J connectivity index is 2.27. The summed E-state index contributed by atoms with van der Waals surface area (Å²) in [6, 6.07) is 8.86. The maximum absolute atomic E-state index is 11.9. The summed E-state index contributed by atoms with van der Waals surface area (Å²) in [4.78, 5) is -1.08. The Bertz CT molecular complexity index is 1500. The summed E-state index contributed by atoms with van der Waals surface area (Å²) >= 11 is 0. The second kappa shape index (κ2) is 9.19. The highest BCUT2D eigenvalue weighted by Crippen LogP contribution is 2.41. The first kappa shape index (κ1) is 24.2. The SMILES string of the molecule is CN=Nc1cc(OC)c(N=Nc2cc3c(S(=O)(=O)O)cccc3cc2S(=O)(=O)O)cc1OC. The first-order chi connectivity index (χ1) is 15.5. The molecular formula is C19H18N4O8S2. The van der Waals surface area contributed by atoms with Crippen LogP contribution in [0.1, 0.15) is 0 Å². The van der Waals surface area contributed by atoms with Gasteiger partial charge in [-0.05, 0) is 23.6 Å². The standard InChI is InChI=1S/C19H18N4O8S2/c1-20-21-13-9-17(31-3)14(10-16(13)30-2)22-23-15-8-12-11(7-19(15)33(27,28)29)5-4-6-18(12)32(24,25)26/h4-10H,1-3H3,(H,24,25,26)(H,27,28,29). The molecule has 2 N–H and O–H groups in total. The molecule has 0 bridgehead atoms. The summed E-state index contributed by atoms with van der Waals surface area (Å²) in [5.74, 6) is 0.479. The summed E-state index contributed by atoms with van der Waals surface area (Å²) in [7, 11) is -5.17. The summed E-state index contributed by atoms with van der Waals surface area (Å²) in [5.41, 5.74) is 0.0891. The molecule has 0 amide bonds. The molecule has 12 nitrogen and oxygen atoms in total. The quantitative estimate of drug-likeness (QED) is 0.356. The normalized spacial score (nSPS) is 12.6. The molecule has 0 unspecified atom stereocenters. The minimum Gasteiger partial charge on any atom is -0.494 e. The van der Waals surface area contributed by atoms with Crippen molar-refractivity contribution in [3.8, 4) is 11.5 Å². The molecule has 33 heavy (non-hydrogen) atoms. The van der Waals surface area contributed by atoms with Crippen molar-refractivity contribution in [2.75, 3.05) is 21.3 Å². The first-order valence-electron chi connectivity index (χ1n) is 8.99. The largest absolute Gasteiger partial charge is 0.494 e. The first-order valence-corrected chi connectivity index (χ1v) is 11.9. The van der Waals surface area contributed by atoms with Gasteiger partial charge in [-0.25, -0.2) is 0 Å². The van der Waals surface area contributed by atoms with Crippen molar-refractivity contribution in [2.24, 2.45) is 20.5 Å². The molecule has 0 aliphatic rings. The van der Waals surface area contributed by atoms with Crippen molar-refractivity contribution in [2.45, 2.75) is 9.79 Å². The van der Waals surface area contributed by atoms with Crippen LogP contribution in [0.2, 0.25) is 0 Å². The van der Waals surface area contributed by atoms with Crippen LogP contribution in [0.15, 0.2) is 72.7 Å². The van der Waals surface area contributed by atoms with Gasteiger partial charge in [0, 0.05) is 24.6 Å². The third-order valence-electron chi connectivity index (χ3n) is 4.43. The fourth-order valence-electron chi connectivity index (χ4n) is 3.01. The van der Waals surface area contributed by atoms with Crippen LogP contribution >= 0.6 is 0 Å². The number of hydrogen-bond donors (Lipinski definition) is 2. The van der Waals surface area contributed by atoms with Gasteiger partial charge in [-0.15, -0.1) is 10.2 Å². The maximum atomic E-state index is 11.9. The van der Waals surface area contributed by atoms with Crippen LogP contribution < -0.4 is 9.47 Å². The zero-order chi connectivity index (χ0) is 24.4. The number of fused-ring (bicyclic) bond motifs is 1. The van der Waals surface area contributed by atoms with Gasteiger partial charge in [0.1, 0.15) is 38.4 Å². The Kier molecular flexibility index (Phi) is 6.73. The van der Waals surface area contributed by atoms with E-state index in [-0.39, 0.29) is 33.6 Å². The van der Waals surface area contributed by atoms with Gasteiger partial charge in [0.2, 0.25) is 0 Å². The van der Waals surface area contributed by atoms with Crippen molar-refractivity contribution in [3.63, 3.8) is 0 Å². The molecule has 0 spiro atoms. The Morgan fingerprint density at radius 3 is 1.79 bits per heavy atom. The van der Waals surface area contributed by atoms with E-state index in [9.17, 15) is 25.9 Å². The Hall–Kier alpha value is -3.46. The lowest BCUT2D eigenvalue weighted by Gasteiger charge is -2.10. The molecule has 14 heteroatoms. The highest BCUT2D eigenvalue weighted by Gasteiger charge is 2.21. The molecule has 3 rings (SSSR count). The van der Waals surface area contributed by atoms with Crippen LogP contribution in [0.4, 0.5) is 17.1 Å². The van der Waals surface area contributed by atoms with Crippen molar-refractivity contribution in [1.29, 1.82) is 0 Å². The molecule has 0 heterocycles. The number of methoxy groups -OCH3 is 2. The van der Waals surface area contributed by atoms with E-state index in [1.165, 1.54) is 45.5 Å². The monoisotopic (exact) mass is 494 g/mol. The molecule has 0 atom stereocenters. The molecule has 0 fully saturated rings. The second-order valence-corrected chi connectivity index (χ2v) is 9.22. The molecule has 0 aromatic heterocycles. The number of azo groups is 2. The van der Waals surface area contributed by atoms with Crippen molar-refractivity contribution < 1.29 is 35.4 Å². The van der Waals surface area contributed by atoms with Gasteiger partial charge in [0.15, 0.2) is 0 Å². The number of ether oxygens (including phenoxy) is 2. The topological polar surface area (TPSA) is 177 Å². The zero-order valence-corrected chi connectivity index (χ0v) is 19.1. The summed E-state index contributed by atoms with van der Waals surface area (Å²) < 4.78 is 77.1. The van der Waals surface area contributed by atoms with Crippen LogP contribution in [-0.2, 0) is 20.2 Å². The highest BCUT2D eigenvalue weighted by molar-refractivity contribution is 7.86. The van der Waals surface area contributed by atoms with E-state index in [1.807, 2.05) is 0 Å². The number of rotatable bonds is 7. The predicted octanol–water partition coefficient (Wildman–Crippen LogP) is 4.48. The third kappa shape index (κ3) is 5.14. The average molecular weight is 495 g/mol. The Morgan fingerprint density at radius 2 is 1.27 bits per heavy atom. The molecule has 174 valence electrons. The molecule has 0 saturated carbocycles. The fraction of sp³-hybridized carbons (Fsp3) is 0.158. The van der Waals surface area contributed by atoms with Crippen LogP contribution in [-0.4, -0.2) is 47.2 Å². The molecular weight excluding hydrogens is 476 g/mol. The predicted molar refractivity (Wildman–Crippen MR) is 118 cm³/mol. The van der Waals surface area contributed by atoms with Crippen LogP contribution in [0.25, 0.3) is 10.8 Å². The smallest absolute Gasteiger partial charge is 0.296 e. The van der Waals surface area contributed by atoms with Gasteiger partial charge in [0.25, 0.3) is 20.2 Å². The average Bonchev–Trinajstić information content (AvgIpc) is 2.75. The fourth-order valence-corrected chi connectivity index (χ4v) is 4.36. The van der Waals surface area contributed by atoms with E-state index in [2.05, 4.69) is 20.5 Å². The minimum absolute atomic E-state index is 0.0235. The lowest BCUT2D eigenvalue weighted by atomic mass is 10.1. The third-order valence-corrected chi connectivity index (χ3v) is 6.22. The number of hydrogen-bond acceptors (Lipinski definition) is 10. The second-order valence-electron chi connectivity index (χ2n) is 6.44. The van der Waals surface area contributed by atoms with Crippen LogP contribution in [0.3, 0.4) is 0 Å². The summed E-state index contributed by atoms with van der Waals surface area (Å²) in [6.07, 6.45) is 0. The summed E-state index contributed by atoms with van der Waals surface area (Å²) in [5, 5.41) is 15.6. The molecule has 3 aromatic carbocycles. The van der Waals surface area contributed by atoms with Gasteiger partial charge in [-0.3, -0.25) is 9.11 Å². The van der Waals surface area contributed by atoms with E-state index in [0.29, 0.717) is 5.69 Å². The van der Waals surface area contributed by atoms with Gasteiger partial charge in [0.05, 0.1) is 14.2 Å². The molecule has 3 aromatic rings. The van der Waals surface area contributed by atoms with Crippen LogP contribution in [0.5, 0.6) is 11.5 Å².